The first-order chi connectivity index (χ1) is 9.53. The summed E-state index contributed by atoms with van der Waals surface area (Å²) in [5, 5.41) is 0. The van der Waals surface area contributed by atoms with Gasteiger partial charge in [-0.15, -0.1) is 0 Å². The second-order valence-electron chi connectivity index (χ2n) is 5.52. The first kappa shape index (κ1) is 16.8. The Morgan fingerprint density at radius 2 is 1.90 bits per heavy atom. The molecule has 0 aliphatic heterocycles. The van der Waals surface area contributed by atoms with E-state index in [0.717, 1.165) is 30.0 Å². The van der Waals surface area contributed by atoms with Crippen LogP contribution in [0.15, 0.2) is 18.2 Å². The van der Waals surface area contributed by atoms with Gasteiger partial charge in [0, 0.05) is 12.1 Å². The summed E-state index contributed by atoms with van der Waals surface area (Å²) in [6.45, 7) is 6.03. The largest absolute Gasteiger partial charge is 0.497 e. The molecule has 0 radical (unpaired) electrons. The van der Waals surface area contributed by atoms with Gasteiger partial charge < -0.3 is 15.2 Å². The van der Waals surface area contributed by atoms with E-state index >= 15 is 0 Å². The van der Waals surface area contributed by atoms with Crippen molar-refractivity contribution in [3.8, 4) is 11.5 Å². The number of likely N-dealkylation sites (N-methyl/N-ethyl adjacent to an activating group) is 1. The predicted octanol–water partition coefficient (Wildman–Crippen LogP) is 2.68. The lowest BCUT2D eigenvalue weighted by Crippen LogP contribution is -2.32. The normalized spacial score (nSPS) is 12.8. The predicted molar refractivity (Wildman–Crippen MR) is 83.4 cm³/mol. The maximum Gasteiger partial charge on any atom is 0.123 e. The SMILES string of the molecule is COc1ccc(OC)c(C(CN)N(C)CCC(C)C)c1. The molecule has 0 bridgehead atoms. The zero-order valence-electron chi connectivity index (χ0n) is 13.3. The van der Waals surface area contributed by atoms with Gasteiger partial charge in [-0.1, -0.05) is 13.8 Å². The van der Waals surface area contributed by atoms with Gasteiger partial charge >= 0.3 is 0 Å². The molecule has 0 aliphatic rings. The third-order valence-electron chi connectivity index (χ3n) is 3.61. The molecule has 0 saturated heterocycles. The highest BCUT2D eigenvalue weighted by atomic mass is 16.5. The number of methoxy groups -OCH3 is 2. The van der Waals surface area contributed by atoms with Crippen molar-refractivity contribution >= 4 is 0 Å². The van der Waals surface area contributed by atoms with E-state index < -0.39 is 0 Å². The fourth-order valence-corrected chi connectivity index (χ4v) is 2.26. The second-order valence-corrected chi connectivity index (χ2v) is 5.52. The van der Waals surface area contributed by atoms with Gasteiger partial charge in [0.05, 0.1) is 20.3 Å². The number of hydrogen-bond acceptors (Lipinski definition) is 4. The molecule has 0 aromatic heterocycles. The number of ether oxygens (including phenoxy) is 2. The maximum absolute atomic E-state index is 5.99. The molecule has 0 saturated carbocycles. The molecule has 4 nitrogen and oxygen atoms in total. The summed E-state index contributed by atoms with van der Waals surface area (Å²) < 4.78 is 10.8. The van der Waals surface area contributed by atoms with Crippen molar-refractivity contribution in [3.05, 3.63) is 23.8 Å². The Balaban J connectivity index is 2.97. The van der Waals surface area contributed by atoms with Crippen molar-refractivity contribution in [1.82, 2.24) is 4.90 Å². The Bertz CT molecular complexity index is 407. The molecule has 1 aromatic carbocycles. The highest BCUT2D eigenvalue weighted by molar-refractivity contribution is 5.42. The summed E-state index contributed by atoms with van der Waals surface area (Å²) in [7, 11) is 5.47. The highest BCUT2D eigenvalue weighted by Gasteiger charge is 2.20. The van der Waals surface area contributed by atoms with Gasteiger partial charge in [0.15, 0.2) is 0 Å². The average molecular weight is 280 g/mol. The molecule has 0 spiro atoms. The molecule has 1 rings (SSSR count). The average Bonchev–Trinajstić information content (AvgIpc) is 2.45. The van der Waals surface area contributed by atoms with E-state index in [9.17, 15) is 0 Å². The van der Waals surface area contributed by atoms with Crippen molar-refractivity contribution in [2.75, 3.05) is 34.4 Å². The van der Waals surface area contributed by atoms with Gasteiger partial charge in [-0.05, 0) is 44.1 Å². The summed E-state index contributed by atoms with van der Waals surface area (Å²) in [4.78, 5) is 2.29. The van der Waals surface area contributed by atoms with Gasteiger partial charge in [-0.2, -0.15) is 0 Å². The van der Waals surface area contributed by atoms with E-state index in [2.05, 4.69) is 25.8 Å². The lowest BCUT2D eigenvalue weighted by Gasteiger charge is -2.29. The van der Waals surface area contributed by atoms with E-state index in [4.69, 9.17) is 15.2 Å². The van der Waals surface area contributed by atoms with Crippen LogP contribution in [-0.4, -0.2) is 39.3 Å². The van der Waals surface area contributed by atoms with Crippen molar-refractivity contribution in [2.45, 2.75) is 26.3 Å². The number of nitrogens with two attached hydrogens (primary N) is 1. The van der Waals surface area contributed by atoms with Gasteiger partial charge in [-0.25, -0.2) is 0 Å². The van der Waals surface area contributed by atoms with Crippen molar-refractivity contribution in [2.24, 2.45) is 11.7 Å². The molecular formula is C16H28N2O2. The lowest BCUT2D eigenvalue weighted by atomic mass is 10.0. The molecule has 1 atom stereocenters. The number of rotatable bonds is 8. The van der Waals surface area contributed by atoms with E-state index in [1.165, 1.54) is 0 Å². The molecule has 0 amide bonds. The highest BCUT2D eigenvalue weighted by Crippen LogP contribution is 2.31. The van der Waals surface area contributed by atoms with Crippen LogP contribution in [0.5, 0.6) is 11.5 Å². The zero-order chi connectivity index (χ0) is 15.1. The van der Waals surface area contributed by atoms with Crippen LogP contribution in [-0.2, 0) is 0 Å². The molecule has 4 heteroatoms. The minimum Gasteiger partial charge on any atom is -0.497 e. The van der Waals surface area contributed by atoms with E-state index in [-0.39, 0.29) is 6.04 Å². The Kier molecular flexibility index (Phi) is 6.82. The van der Waals surface area contributed by atoms with Crippen LogP contribution in [0.1, 0.15) is 31.9 Å². The Morgan fingerprint density at radius 3 is 2.40 bits per heavy atom. The quantitative estimate of drug-likeness (QED) is 0.795. The molecule has 0 aliphatic carbocycles. The van der Waals surface area contributed by atoms with Crippen molar-refractivity contribution in [3.63, 3.8) is 0 Å². The molecule has 0 heterocycles. The van der Waals surface area contributed by atoms with Gasteiger partial charge in [0.2, 0.25) is 0 Å². The Labute approximate surface area is 122 Å². The fraction of sp³-hybridized carbons (Fsp3) is 0.625. The summed E-state index contributed by atoms with van der Waals surface area (Å²) in [5.41, 5.74) is 7.07. The van der Waals surface area contributed by atoms with Gasteiger partial charge in [-0.3, -0.25) is 4.90 Å². The summed E-state index contributed by atoms with van der Waals surface area (Å²) in [6, 6.07) is 6.00. The Morgan fingerprint density at radius 1 is 1.20 bits per heavy atom. The molecule has 20 heavy (non-hydrogen) atoms. The molecule has 1 aromatic rings. The summed E-state index contributed by atoms with van der Waals surface area (Å²) >= 11 is 0. The van der Waals surface area contributed by atoms with E-state index in [0.29, 0.717) is 12.5 Å². The van der Waals surface area contributed by atoms with Crippen LogP contribution in [0, 0.1) is 5.92 Å². The molecule has 0 fully saturated rings. The van der Waals surface area contributed by atoms with E-state index in [1.54, 1.807) is 14.2 Å². The van der Waals surface area contributed by atoms with Crippen molar-refractivity contribution < 1.29 is 9.47 Å². The van der Waals surface area contributed by atoms with Crippen LogP contribution < -0.4 is 15.2 Å². The lowest BCUT2D eigenvalue weighted by molar-refractivity contribution is 0.230. The third kappa shape index (κ3) is 4.39. The maximum atomic E-state index is 5.99. The topological polar surface area (TPSA) is 47.7 Å². The van der Waals surface area contributed by atoms with Crippen LogP contribution in [0.2, 0.25) is 0 Å². The smallest absolute Gasteiger partial charge is 0.123 e. The van der Waals surface area contributed by atoms with Crippen LogP contribution in [0.3, 0.4) is 0 Å². The van der Waals surface area contributed by atoms with Crippen LogP contribution in [0.25, 0.3) is 0 Å². The third-order valence-corrected chi connectivity index (χ3v) is 3.61. The standard InChI is InChI=1S/C16H28N2O2/c1-12(2)8-9-18(3)15(11-17)14-10-13(19-4)6-7-16(14)20-5/h6-7,10,12,15H,8-9,11,17H2,1-5H3. The summed E-state index contributed by atoms with van der Waals surface area (Å²) in [6.07, 6.45) is 1.15. The summed E-state index contributed by atoms with van der Waals surface area (Å²) in [5.74, 6) is 2.37. The van der Waals surface area contributed by atoms with Crippen LogP contribution in [0.4, 0.5) is 0 Å². The molecule has 2 N–H and O–H groups in total. The number of nitrogens with zero attached hydrogens (tertiary/aromatic N) is 1. The second kappa shape index (κ2) is 8.12. The van der Waals surface area contributed by atoms with Gasteiger partial charge in [0.1, 0.15) is 11.5 Å². The Hall–Kier alpha value is -1.26. The molecule has 1 unspecified atom stereocenters. The number of benzene rings is 1. The fourth-order valence-electron chi connectivity index (χ4n) is 2.26. The minimum absolute atomic E-state index is 0.138. The first-order valence-electron chi connectivity index (χ1n) is 7.15. The molecular weight excluding hydrogens is 252 g/mol. The number of hydrogen-bond donors (Lipinski definition) is 1. The van der Waals surface area contributed by atoms with Gasteiger partial charge in [0.25, 0.3) is 0 Å². The molecule has 114 valence electrons. The zero-order valence-corrected chi connectivity index (χ0v) is 13.3. The van der Waals surface area contributed by atoms with E-state index in [1.807, 2.05) is 18.2 Å². The first-order valence-corrected chi connectivity index (χ1v) is 7.15. The minimum atomic E-state index is 0.138. The van der Waals surface area contributed by atoms with Crippen molar-refractivity contribution in [1.29, 1.82) is 0 Å². The monoisotopic (exact) mass is 280 g/mol. The van der Waals surface area contributed by atoms with Crippen LogP contribution >= 0.6 is 0 Å².